The summed E-state index contributed by atoms with van der Waals surface area (Å²) < 4.78 is 2.82. The summed E-state index contributed by atoms with van der Waals surface area (Å²) >= 11 is 3.54. The second-order valence-corrected chi connectivity index (χ2v) is 4.28. The van der Waals surface area contributed by atoms with E-state index >= 15 is 0 Å². The van der Waals surface area contributed by atoms with Gasteiger partial charge in [-0.25, -0.2) is 9.50 Å². The van der Waals surface area contributed by atoms with E-state index in [0.29, 0.717) is 0 Å². The molecule has 0 aliphatic carbocycles. The Balaban J connectivity index is 2.31. The van der Waals surface area contributed by atoms with Gasteiger partial charge in [-0.15, -0.1) is 0 Å². The summed E-state index contributed by atoms with van der Waals surface area (Å²) in [5, 5.41) is 4.27. The van der Waals surface area contributed by atoms with Gasteiger partial charge in [0.05, 0.1) is 6.20 Å². The molecule has 0 fully saturated rings. The van der Waals surface area contributed by atoms with Crippen molar-refractivity contribution in [2.75, 3.05) is 0 Å². The molecule has 0 N–H and O–H groups in total. The van der Waals surface area contributed by atoms with E-state index in [2.05, 4.69) is 32.1 Å². The van der Waals surface area contributed by atoms with Crippen LogP contribution in [-0.2, 0) is 0 Å². The van der Waals surface area contributed by atoms with Crippen molar-refractivity contribution in [3.63, 3.8) is 0 Å². The summed E-state index contributed by atoms with van der Waals surface area (Å²) in [7, 11) is 0. The van der Waals surface area contributed by atoms with Crippen molar-refractivity contribution in [1.82, 2.24) is 14.6 Å². The zero-order valence-electron chi connectivity index (χ0n) is 8.34. The highest BCUT2D eigenvalue weighted by molar-refractivity contribution is 9.10. The Morgan fingerprint density at radius 1 is 1.06 bits per heavy atom. The van der Waals surface area contributed by atoms with E-state index in [1.165, 1.54) is 0 Å². The maximum Gasteiger partial charge on any atom is 0.162 e. The summed E-state index contributed by atoms with van der Waals surface area (Å²) in [5.74, 6) is 0. The maximum absolute atomic E-state index is 4.34. The Morgan fingerprint density at radius 2 is 1.94 bits per heavy atom. The number of halogens is 1. The first-order valence-corrected chi connectivity index (χ1v) is 5.69. The number of fused-ring (bicyclic) bond motifs is 1. The predicted molar refractivity (Wildman–Crippen MR) is 66.1 cm³/mol. The first-order valence-electron chi connectivity index (χ1n) is 4.89. The third-order valence-corrected chi connectivity index (χ3v) is 3.13. The predicted octanol–water partition coefficient (Wildman–Crippen LogP) is 3.16. The smallest absolute Gasteiger partial charge is 0.162 e. The molecule has 2 aromatic heterocycles. The maximum atomic E-state index is 4.34. The van der Waals surface area contributed by atoms with Crippen molar-refractivity contribution >= 4 is 21.6 Å². The van der Waals surface area contributed by atoms with Gasteiger partial charge in [-0.2, -0.15) is 5.10 Å². The molecule has 0 atom stereocenters. The lowest BCUT2D eigenvalue weighted by Gasteiger charge is -2.01. The average Bonchev–Trinajstić information content (AvgIpc) is 2.74. The summed E-state index contributed by atoms with van der Waals surface area (Å²) in [6.07, 6.45) is 5.50. The van der Waals surface area contributed by atoms with E-state index in [9.17, 15) is 0 Å². The molecular formula is C12H8BrN3. The van der Waals surface area contributed by atoms with Gasteiger partial charge >= 0.3 is 0 Å². The quantitative estimate of drug-likeness (QED) is 0.682. The van der Waals surface area contributed by atoms with Crippen LogP contribution in [0.4, 0.5) is 0 Å². The lowest BCUT2D eigenvalue weighted by Crippen LogP contribution is -1.87. The van der Waals surface area contributed by atoms with Gasteiger partial charge in [0.15, 0.2) is 5.65 Å². The Morgan fingerprint density at radius 3 is 2.81 bits per heavy atom. The zero-order chi connectivity index (χ0) is 11.0. The summed E-state index contributed by atoms with van der Waals surface area (Å²) in [6.45, 7) is 0. The zero-order valence-corrected chi connectivity index (χ0v) is 9.92. The van der Waals surface area contributed by atoms with Gasteiger partial charge < -0.3 is 0 Å². The lowest BCUT2D eigenvalue weighted by atomic mass is 10.1. The Hall–Kier alpha value is -1.68. The van der Waals surface area contributed by atoms with Crippen LogP contribution in [0.5, 0.6) is 0 Å². The van der Waals surface area contributed by atoms with Crippen LogP contribution in [0.3, 0.4) is 0 Å². The van der Waals surface area contributed by atoms with Crippen LogP contribution in [0.2, 0.25) is 0 Å². The molecule has 4 heteroatoms. The number of aromatic nitrogens is 3. The molecule has 78 valence electrons. The number of rotatable bonds is 1. The topological polar surface area (TPSA) is 30.2 Å². The van der Waals surface area contributed by atoms with Gasteiger partial charge in [0.2, 0.25) is 0 Å². The van der Waals surface area contributed by atoms with Gasteiger partial charge in [-0.1, -0.05) is 34.1 Å². The SMILES string of the molecule is Brc1ccccc1-c1cnn2cccnc12. The van der Waals surface area contributed by atoms with Crippen molar-refractivity contribution in [3.8, 4) is 11.1 Å². The molecular weight excluding hydrogens is 266 g/mol. The van der Waals surface area contributed by atoms with Crippen molar-refractivity contribution in [1.29, 1.82) is 0 Å². The monoisotopic (exact) mass is 273 g/mol. The van der Waals surface area contributed by atoms with Crippen molar-refractivity contribution < 1.29 is 0 Å². The number of hydrogen-bond donors (Lipinski definition) is 0. The summed E-state index contributed by atoms with van der Waals surface area (Å²) in [4.78, 5) is 4.34. The number of benzene rings is 1. The number of nitrogens with zero attached hydrogens (tertiary/aromatic N) is 3. The molecule has 16 heavy (non-hydrogen) atoms. The van der Waals surface area contributed by atoms with Gasteiger partial charge in [0.1, 0.15) is 0 Å². The minimum absolute atomic E-state index is 0.870. The molecule has 0 unspecified atom stereocenters. The lowest BCUT2D eigenvalue weighted by molar-refractivity contribution is 0.939. The molecule has 3 rings (SSSR count). The summed E-state index contributed by atoms with van der Waals surface area (Å²) in [5.41, 5.74) is 3.01. The molecule has 0 bridgehead atoms. The highest BCUT2D eigenvalue weighted by Gasteiger charge is 2.09. The Bertz CT molecular complexity index is 645. The Labute approximate surface area is 101 Å². The molecule has 2 heterocycles. The highest BCUT2D eigenvalue weighted by Crippen LogP contribution is 2.29. The van der Waals surface area contributed by atoms with Gasteiger partial charge in [0.25, 0.3) is 0 Å². The molecule has 0 radical (unpaired) electrons. The van der Waals surface area contributed by atoms with Crippen LogP contribution in [0.1, 0.15) is 0 Å². The van der Waals surface area contributed by atoms with Crippen molar-refractivity contribution in [3.05, 3.63) is 53.4 Å². The second-order valence-electron chi connectivity index (χ2n) is 3.43. The molecule has 0 aliphatic heterocycles. The van der Waals surface area contributed by atoms with Crippen LogP contribution >= 0.6 is 15.9 Å². The van der Waals surface area contributed by atoms with E-state index in [4.69, 9.17) is 0 Å². The fraction of sp³-hybridized carbons (Fsp3) is 0. The first kappa shape index (κ1) is 9.54. The molecule has 0 saturated heterocycles. The largest absolute Gasteiger partial charge is 0.236 e. The number of hydrogen-bond acceptors (Lipinski definition) is 2. The third kappa shape index (κ3) is 1.42. The third-order valence-electron chi connectivity index (χ3n) is 2.44. The van der Waals surface area contributed by atoms with Crippen LogP contribution in [0.25, 0.3) is 16.8 Å². The normalized spacial score (nSPS) is 10.8. The second kappa shape index (κ2) is 3.72. The highest BCUT2D eigenvalue weighted by atomic mass is 79.9. The first-order chi connectivity index (χ1) is 7.86. The van der Waals surface area contributed by atoms with Crippen molar-refractivity contribution in [2.24, 2.45) is 0 Å². The minimum atomic E-state index is 0.870. The fourth-order valence-corrected chi connectivity index (χ4v) is 2.20. The molecule has 0 amide bonds. The van der Waals surface area contributed by atoms with Gasteiger partial charge in [-0.3, -0.25) is 0 Å². The molecule has 0 aliphatic rings. The molecule has 3 nitrogen and oxygen atoms in total. The van der Waals surface area contributed by atoms with E-state index in [1.807, 2.05) is 36.7 Å². The average molecular weight is 274 g/mol. The van der Waals surface area contributed by atoms with E-state index in [1.54, 1.807) is 10.7 Å². The Kier molecular flexibility index (Phi) is 2.22. The van der Waals surface area contributed by atoms with E-state index in [-0.39, 0.29) is 0 Å². The molecule has 0 spiro atoms. The van der Waals surface area contributed by atoms with E-state index < -0.39 is 0 Å². The van der Waals surface area contributed by atoms with Crippen molar-refractivity contribution in [2.45, 2.75) is 0 Å². The molecule has 0 saturated carbocycles. The van der Waals surface area contributed by atoms with Crippen LogP contribution < -0.4 is 0 Å². The van der Waals surface area contributed by atoms with E-state index in [0.717, 1.165) is 21.2 Å². The standard InChI is InChI=1S/C12H8BrN3/c13-11-5-2-1-4-9(11)10-8-15-16-7-3-6-14-12(10)16/h1-8H. The molecule has 3 aromatic rings. The molecule has 1 aromatic carbocycles. The fourth-order valence-electron chi connectivity index (χ4n) is 1.70. The minimum Gasteiger partial charge on any atom is -0.236 e. The van der Waals surface area contributed by atoms with Crippen LogP contribution in [0.15, 0.2) is 53.4 Å². The van der Waals surface area contributed by atoms with Gasteiger partial charge in [-0.05, 0) is 12.1 Å². The van der Waals surface area contributed by atoms with Gasteiger partial charge in [0, 0.05) is 28.0 Å². The van der Waals surface area contributed by atoms with Crippen LogP contribution in [-0.4, -0.2) is 14.6 Å². The summed E-state index contributed by atoms with van der Waals surface area (Å²) in [6, 6.07) is 9.93. The van der Waals surface area contributed by atoms with Crippen LogP contribution in [0, 0.1) is 0 Å².